The summed E-state index contributed by atoms with van der Waals surface area (Å²) in [5.41, 5.74) is 1.44. The van der Waals surface area contributed by atoms with Crippen molar-refractivity contribution in [2.45, 2.75) is 145 Å². The molecule has 2 saturated carbocycles. The van der Waals surface area contributed by atoms with Gasteiger partial charge in [0.25, 0.3) is 0 Å². The molecule has 0 unspecified atom stereocenters. The second-order valence-electron chi connectivity index (χ2n) is 10.8. The molecule has 0 bridgehead atoms. The Balaban J connectivity index is 0.000000435. The quantitative estimate of drug-likeness (QED) is 0.392. The molecule has 0 N–H and O–H groups in total. The average Bonchev–Trinajstić information content (AvgIpc) is 2.82. The first-order valence-corrected chi connectivity index (χ1v) is 14.5. The van der Waals surface area contributed by atoms with Gasteiger partial charge in [-0.05, 0) is 42.1 Å². The number of aryl methyl sites for hydroxylation is 1. The van der Waals surface area contributed by atoms with E-state index in [4.69, 9.17) is 0 Å². The molecule has 1 aromatic carbocycles. The average molecular weight is 445 g/mol. The minimum Gasteiger partial charge on any atom is -0.0683 e. The predicted octanol–water partition coefficient (Wildman–Crippen LogP) is 11.3. The SMILES string of the molecule is CC.CC(C)CC1CCCCC1.CC(C)CCC1CCCCC1.CCCc1ccccc1. The van der Waals surface area contributed by atoms with Crippen molar-refractivity contribution in [2.24, 2.45) is 23.7 Å². The molecule has 0 nitrogen and oxygen atoms in total. The number of rotatable bonds is 7. The van der Waals surface area contributed by atoms with Gasteiger partial charge < -0.3 is 0 Å². The molecule has 0 spiro atoms. The van der Waals surface area contributed by atoms with Gasteiger partial charge in [0.2, 0.25) is 0 Å². The highest BCUT2D eigenvalue weighted by Gasteiger charge is 2.14. The molecule has 2 aliphatic carbocycles. The van der Waals surface area contributed by atoms with Crippen LogP contribution in [-0.2, 0) is 6.42 Å². The minimum absolute atomic E-state index is 0.914. The van der Waals surface area contributed by atoms with E-state index in [0.717, 1.165) is 23.7 Å². The van der Waals surface area contributed by atoms with E-state index < -0.39 is 0 Å². The Bertz CT molecular complexity index is 460. The van der Waals surface area contributed by atoms with Crippen LogP contribution in [0.15, 0.2) is 30.3 Å². The Kier molecular flexibility index (Phi) is 21.5. The van der Waals surface area contributed by atoms with Gasteiger partial charge in [0.15, 0.2) is 0 Å². The second kappa shape index (κ2) is 22.0. The van der Waals surface area contributed by atoms with Gasteiger partial charge in [-0.2, -0.15) is 0 Å². The summed E-state index contributed by atoms with van der Waals surface area (Å²) in [6, 6.07) is 10.6. The molecule has 1 aromatic rings. The van der Waals surface area contributed by atoms with E-state index in [9.17, 15) is 0 Å². The number of hydrogen-bond acceptors (Lipinski definition) is 0. The topological polar surface area (TPSA) is 0 Å². The molecule has 0 heteroatoms. The van der Waals surface area contributed by atoms with E-state index >= 15 is 0 Å². The molecule has 0 atom stereocenters. The summed E-state index contributed by atoms with van der Waals surface area (Å²) in [4.78, 5) is 0. The van der Waals surface area contributed by atoms with Crippen LogP contribution in [-0.4, -0.2) is 0 Å². The lowest BCUT2D eigenvalue weighted by Gasteiger charge is -2.22. The lowest BCUT2D eigenvalue weighted by Crippen LogP contribution is -2.08. The van der Waals surface area contributed by atoms with Crippen molar-refractivity contribution in [1.29, 1.82) is 0 Å². The predicted molar refractivity (Wildman–Crippen MR) is 148 cm³/mol. The van der Waals surface area contributed by atoms with Gasteiger partial charge in [-0.3, -0.25) is 0 Å². The van der Waals surface area contributed by atoms with Crippen molar-refractivity contribution in [3.63, 3.8) is 0 Å². The molecular weight excluding hydrogens is 384 g/mol. The van der Waals surface area contributed by atoms with Crippen LogP contribution in [0.25, 0.3) is 0 Å². The van der Waals surface area contributed by atoms with Crippen LogP contribution in [0, 0.1) is 23.7 Å². The first-order chi connectivity index (χ1) is 15.5. The first kappa shape index (κ1) is 31.2. The van der Waals surface area contributed by atoms with Crippen LogP contribution < -0.4 is 0 Å². The van der Waals surface area contributed by atoms with E-state index in [1.807, 2.05) is 13.8 Å². The zero-order valence-electron chi connectivity index (χ0n) is 23.3. The monoisotopic (exact) mass is 444 g/mol. The Morgan fingerprint density at radius 3 is 1.62 bits per heavy atom. The largest absolute Gasteiger partial charge is 0.0683 e. The zero-order valence-corrected chi connectivity index (χ0v) is 23.3. The fourth-order valence-corrected chi connectivity index (χ4v) is 5.07. The summed E-state index contributed by atoms with van der Waals surface area (Å²) in [7, 11) is 0. The van der Waals surface area contributed by atoms with Gasteiger partial charge in [0, 0.05) is 0 Å². The van der Waals surface area contributed by atoms with Crippen molar-refractivity contribution in [2.75, 3.05) is 0 Å². The first-order valence-electron chi connectivity index (χ1n) is 14.5. The maximum Gasteiger partial charge on any atom is -0.0281 e. The molecule has 0 heterocycles. The van der Waals surface area contributed by atoms with Gasteiger partial charge >= 0.3 is 0 Å². The maximum atomic E-state index is 2.34. The van der Waals surface area contributed by atoms with E-state index in [1.54, 1.807) is 0 Å². The highest BCUT2D eigenvalue weighted by atomic mass is 14.2. The normalized spacial score (nSPS) is 16.9. The molecule has 0 amide bonds. The highest BCUT2D eigenvalue weighted by Crippen LogP contribution is 2.29. The van der Waals surface area contributed by atoms with Gasteiger partial charge in [-0.15, -0.1) is 0 Å². The van der Waals surface area contributed by atoms with Crippen molar-refractivity contribution in [3.05, 3.63) is 35.9 Å². The van der Waals surface area contributed by atoms with Crippen molar-refractivity contribution < 1.29 is 0 Å². The molecule has 188 valence electrons. The molecule has 2 fully saturated rings. The summed E-state index contributed by atoms with van der Waals surface area (Å²) in [6.07, 6.45) is 21.9. The van der Waals surface area contributed by atoms with E-state index in [1.165, 1.54) is 102 Å². The molecule has 0 radical (unpaired) electrons. The molecular formula is C32H60. The van der Waals surface area contributed by atoms with Crippen LogP contribution in [0.5, 0.6) is 0 Å². The van der Waals surface area contributed by atoms with E-state index in [0.29, 0.717) is 0 Å². The van der Waals surface area contributed by atoms with Crippen LogP contribution in [0.2, 0.25) is 0 Å². The standard InChI is InChI=1S/C11H22.C10H20.C9H12.C2H6/c1-10(2)8-9-11-6-4-3-5-7-11;1-9(2)8-10-6-4-3-5-7-10;1-2-6-9-7-4-3-5-8-9;1-2/h10-11H,3-9H2,1-2H3;9-10H,3-8H2,1-2H3;3-5,7-8H,2,6H2,1H3;1-2H3. The van der Waals surface area contributed by atoms with Crippen molar-refractivity contribution in [3.8, 4) is 0 Å². The molecule has 0 aromatic heterocycles. The summed E-state index contributed by atoms with van der Waals surface area (Å²) in [5.74, 6) is 4.00. The second-order valence-corrected chi connectivity index (χ2v) is 10.8. The van der Waals surface area contributed by atoms with Crippen LogP contribution in [0.3, 0.4) is 0 Å². The van der Waals surface area contributed by atoms with Gasteiger partial charge in [-0.1, -0.05) is 162 Å². The van der Waals surface area contributed by atoms with Crippen LogP contribution in [0.1, 0.15) is 144 Å². The summed E-state index contributed by atoms with van der Waals surface area (Å²) in [5, 5.41) is 0. The third-order valence-electron chi connectivity index (χ3n) is 6.79. The van der Waals surface area contributed by atoms with Gasteiger partial charge in [0.05, 0.1) is 0 Å². The van der Waals surface area contributed by atoms with E-state index in [-0.39, 0.29) is 0 Å². The zero-order chi connectivity index (χ0) is 24.0. The Labute approximate surface area is 204 Å². The molecule has 0 aliphatic heterocycles. The molecule has 32 heavy (non-hydrogen) atoms. The van der Waals surface area contributed by atoms with Crippen molar-refractivity contribution >= 4 is 0 Å². The third kappa shape index (κ3) is 18.8. The van der Waals surface area contributed by atoms with Crippen LogP contribution in [0.4, 0.5) is 0 Å². The third-order valence-corrected chi connectivity index (χ3v) is 6.79. The fourth-order valence-electron chi connectivity index (χ4n) is 5.07. The lowest BCUT2D eigenvalue weighted by molar-refractivity contribution is 0.305. The minimum atomic E-state index is 0.914. The molecule has 0 saturated heterocycles. The summed E-state index contributed by atoms with van der Waals surface area (Å²) in [6.45, 7) is 15.6. The fraction of sp³-hybridized carbons (Fsp3) is 0.812. The Morgan fingerprint density at radius 2 is 1.19 bits per heavy atom. The van der Waals surface area contributed by atoms with Gasteiger partial charge in [0.1, 0.15) is 0 Å². The highest BCUT2D eigenvalue weighted by molar-refractivity contribution is 5.14. The Hall–Kier alpha value is -0.780. The van der Waals surface area contributed by atoms with E-state index in [2.05, 4.69) is 65.0 Å². The summed E-state index contributed by atoms with van der Waals surface area (Å²) < 4.78 is 0. The molecule has 2 aliphatic rings. The van der Waals surface area contributed by atoms with Crippen molar-refractivity contribution in [1.82, 2.24) is 0 Å². The van der Waals surface area contributed by atoms with Crippen LogP contribution >= 0.6 is 0 Å². The maximum absolute atomic E-state index is 2.34. The number of hydrogen-bond donors (Lipinski definition) is 0. The number of benzene rings is 1. The smallest absolute Gasteiger partial charge is 0.0281 e. The van der Waals surface area contributed by atoms with Gasteiger partial charge in [-0.25, -0.2) is 0 Å². The Morgan fingerprint density at radius 1 is 0.688 bits per heavy atom. The molecule has 3 rings (SSSR count). The summed E-state index contributed by atoms with van der Waals surface area (Å²) >= 11 is 0. The lowest BCUT2D eigenvalue weighted by atomic mass is 9.84.